The molecule has 1 heterocycles. The summed E-state index contributed by atoms with van der Waals surface area (Å²) in [5.74, 6) is 0.627. The largest absolute Gasteiger partial charge is 0.364 e. The van der Waals surface area contributed by atoms with E-state index in [0.29, 0.717) is 10.9 Å². The fourth-order valence-corrected chi connectivity index (χ4v) is 2.11. The number of hydrogen-bond donors (Lipinski definition) is 3. The molecule has 3 rings (SSSR count). The highest BCUT2D eigenvalue weighted by Gasteiger charge is 2.10. The predicted molar refractivity (Wildman–Crippen MR) is 93.4 cm³/mol. The van der Waals surface area contributed by atoms with E-state index in [1.54, 1.807) is 7.05 Å². The van der Waals surface area contributed by atoms with Gasteiger partial charge in [0.2, 0.25) is 0 Å². The Labute approximate surface area is 133 Å². The second-order valence-electron chi connectivity index (χ2n) is 4.60. The third-order valence-electron chi connectivity index (χ3n) is 3.14. The van der Waals surface area contributed by atoms with E-state index in [0.717, 1.165) is 22.3 Å². The van der Waals surface area contributed by atoms with Crippen LogP contribution in [0.2, 0.25) is 0 Å². The highest BCUT2D eigenvalue weighted by Crippen LogP contribution is 2.26. The number of para-hydroxylation sites is 2. The Hall–Kier alpha value is -2.73. The van der Waals surface area contributed by atoms with E-state index >= 15 is 0 Å². The van der Waals surface area contributed by atoms with Crippen molar-refractivity contribution in [3.63, 3.8) is 0 Å². The molecular weight excluding hydrogens is 294 g/mol. The normalized spacial score (nSPS) is 10.2. The minimum Gasteiger partial charge on any atom is -0.364 e. The molecule has 0 fully saturated rings. The van der Waals surface area contributed by atoms with Gasteiger partial charge in [-0.2, -0.15) is 0 Å². The fourth-order valence-electron chi connectivity index (χ4n) is 2.06. The molecule has 0 aliphatic carbocycles. The summed E-state index contributed by atoms with van der Waals surface area (Å²) >= 11 is 5.08. The molecule has 6 heteroatoms. The van der Waals surface area contributed by atoms with Crippen molar-refractivity contribution in [3.8, 4) is 11.3 Å². The maximum Gasteiger partial charge on any atom is 0.184 e. The van der Waals surface area contributed by atoms with Gasteiger partial charge in [-0.1, -0.05) is 42.5 Å². The molecule has 0 saturated carbocycles. The van der Waals surface area contributed by atoms with E-state index in [4.69, 9.17) is 17.2 Å². The Morgan fingerprint density at radius 1 is 0.909 bits per heavy atom. The van der Waals surface area contributed by atoms with Crippen molar-refractivity contribution in [1.82, 2.24) is 20.7 Å². The van der Waals surface area contributed by atoms with Gasteiger partial charge < -0.3 is 5.32 Å². The summed E-state index contributed by atoms with van der Waals surface area (Å²) in [5, 5.41) is 3.32. The Bertz CT molecular complexity index is 804. The lowest BCUT2D eigenvalue weighted by atomic mass is 10.1. The maximum absolute atomic E-state index is 5.08. The van der Waals surface area contributed by atoms with Crippen LogP contribution in [0.15, 0.2) is 54.6 Å². The molecule has 0 atom stereocenters. The molecule has 0 unspecified atom stereocenters. The van der Waals surface area contributed by atoms with Crippen LogP contribution in [-0.2, 0) is 0 Å². The summed E-state index contributed by atoms with van der Waals surface area (Å²) in [4.78, 5) is 9.35. The number of hydrazine groups is 1. The number of fused-ring (bicyclic) bond motifs is 1. The number of nitrogens with zero attached hydrogens (tertiary/aromatic N) is 2. The molecule has 3 aromatic rings. The molecule has 22 heavy (non-hydrogen) atoms. The van der Waals surface area contributed by atoms with E-state index in [1.165, 1.54) is 0 Å². The number of aromatic nitrogens is 2. The first-order valence-corrected chi connectivity index (χ1v) is 7.24. The van der Waals surface area contributed by atoms with Gasteiger partial charge in [-0.05, 0) is 24.4 Å². The zero-order valence-corrected chi connectivity index (χ0v) is 12.8. The lowest BCUT2D eigenvalue weighted by molar-refractivity contribution is 1.02. The first-order chi connectivity index (χ1) is 10.8. The van der Waals surface area contributed by atoms with Crippen LogP contribution in [0.1, 0.15) is 0 Å². The van der Waals surface area contributed by atoms with E-state index in [-0.39, 0.29) is 0 Å². The van der Waals surface area contributed by atoms with Crippen molar-refractivity contribution in [2.24, 2.45) is 0 Å². The van der Waals surface area contributed by atoms with Gasteiger partial charge in [-0.3, -0.25) is 10.9 Å². The van der Waals surface area contributed by atoms with Gasteiger partial charge in [0.15, 0.2) is 10.9 Å². The minimum atomic E-state index is 0.481. The molecule has 0 spiro atoms. The van der Waals surface area contributed by atoms with Crippen molar-refractivity contribution in [1.29, 1.82) is 0 Å². The topological polar surface area (TPSA) is 61.9 Å². The summed E-state index contributed by atoms with van der Waals surface area (Å²) in [6, 6.07) is 17.7. The lowest BCUT2D eigenvalue weighted by Crippen LogP contribution is -2.37. The van der Waals surface area contributed by atoms with Crippen LogP contribution in [0.5, 0.6) is 0 Å². The van der Waals surface area contributed by atoms with Crippen molar-refractivity contribution < 1.29 is 0 Å². The second-order valence-corrected chi connectivity index (χ2v) is 5.01. The lowest BCUT2D eigenvalue weighted by Gasteiger charge is -2.13. The van der Waals surface area contributed by atoms with Crippen LogP contribution >= 0.6 is 12.2 Å². The smallest absolute Gasteiger partial charge is 0.184 e. The number of anilines is 1. The molecule has 0 bridgehead atoms. The molecule has 0 aliphatic rings. The molecule has 0 saturated heterocycles. The van der Waals surface area contributed by atoms with E-state index in [9.17, 15) is 0 Å². The second kappa shape index (κ2) is 6.36. The molecule has 3 N–H and O–H groups in total. The predicted octanol–water partition coefficient (Wildman–Crippen LogP) is 2.72. The monoisotopic (exact) mass is 309 g/mol. The maximum atomic E-state index is 5.08. The summed E-state index contributed by atoms with van der Waals surface area (Å²) in [6.45, 7) is 0. The number of thiocarbonyl (C=S) groups is 1. The Morgan fingerprint density at radius 3 is 2.23 bits per heavy atom. The average molecular weight is 309 g/mol. The van der Waals surface area contributed by atoms with Crippen LogP contribution in [0.3, 0.4) is 0 Å². The SMILES string of the molecule is CNC(=S)NNc1nc2ccccc2nc1-c1ccccc1. The van der Waals surface area contributed by atoms with Crippen molar-refractivity contribution >= 4 is 34.2 Å². The van der Waals surface area contributed by atoms with Crippen LogP contribution in [-0.4, -0.2) is 22.1 Å². The van der Waals surface area contributed by atoms with Crippen molar-refractivity contribution in [2.45, 2.75) is 0 Å². The molecule has 0 aliphatic heterocycles. The van der Waals surface area contributed by atoms with Gasteiger partial charge in [0.05, 0.1) is 11.0 Å². The standard InChI is InChI=1S/C16H15N5S/c1-17-16(22)21-20-15-14(11-7-3-2-4-8-11)18-12-9-5-6-10-13(12)19-15/h2-10H,1H3,(H,19,20)(H2,17,21,22). The van der Waals surface area contributed by atoms with Gasteiger partial charge in [-0.15, -0.1) is 0 Å². The van der Waals surface area contributed by atoms with Gasteiger partial charge >= 0.3 is 0 Å². The summed E-state index contributed by atoms with van der Waals surface area (Å²) in [5.41, 5.74) is 9.35. The summed E-state index contributed by atoms with van der Waals surface area (Å²) in [6.07, 6.45) is 0. The third kappa shape index (κ3) is 2.96. The molecule has 0 radical (unpaired) electrons. The number of rotatable bonds is 3. The van der Waals surface area contributed by atoms with Crippen LogP contribution in [0, 0.1) is 0 Å². The average Bonchev–Trinajstić information content (AvgIpc) is 2.59. The molecule has 2 aromatic carbocycles. The number of benzene rings is 2. The van der Waals surface area contributed by atoms with Gasteiger partial charge in [0.25, 0.3) is 0 Å². The first-order valence-electron chi connectivity index (χ1n) is 6.84. The minimum absolute atomic E-state index is 0.481. The quantitative estimate of drug-likeness (QED) is 0.511. The van der Waals surface area contributed by atoms with Gasteiger partial charge in [0.1, 0.15) is 5.69 Å². The summed E-state index contributed by atoms with van der Waals surface area (Å²) in [7, 11) is 1.75. The molecule has 1 aromatic heterocycles. The van der Waals surface area contributed by atoms with Crippen molar-refractivity contribution in [3.05, 3.63) is 54.6 Å². The Balaban J connectivity index is 2.08. The molecule has 110 valence electrons. The van der Waals surface area contributed by atoms with E-state index in [1.807, 2.05) is 54.6 Å². The van der Waals surface area contributed by atoms with E-state index < -0.39 is 0 Å². The first kappa shape index (κ1) is 14.2. The highest BCUT2D eigenvalue weighted by molar-refractivity contribution is 7.80. The van der Waals surface area contributed by atoms with Crippen LogP contribution in [0.25, 0.3) is 22.3 Å². The molecule has 0 amide bonds. The number of nitrogens with one attached hydrogen (secondary N) is 3. The fraction of sp³-hybridized carbons (Fsp3) is 0.0625. The van der Waals surface area contributed by atoms with Crippen molar-refractivity contribution in [2.75, 3.05) is 12.5 Å². The zero-order valence-electron chi connectivity index (χ0n) is 12.0. The van der Waals surface area contributed by atoms with Crippen LogP contribution < -0.4 is 16.2 Å². The summed E-state index contributed by atoms with van der Waals surface area (Å²) < 4.78 is 0. The van der Waals surface area contributed by atoms with Crippen LogP contribution in [0.4, 0.5) is 5.82 Å². The van der Waals surface area contributed by atoms with E-state index in [2.05, 4.69) is 21.2 Å². The van der Waals surface area contributed by atoms with Gasteiger partial charge in [-0.25, -0.2) is 9.97 Å². The number of hydrogen-bond acceptors (Lipinski definition) is 4. The highest BCUT2D eigenvalue weighted by atomic mass is 32.1. The third-order valence-corrected chi connectivity index (χ3v) is 3.45. The van der Waals surface area contributed by atoms with Gasteiger partial charge in [0, 0.05) is 12.6 Å². The zero-order chi connectivity index (χ0) is 15.4. The molecule has 5 nitrogen and oxygen atoms in total. The molecular formula is C16H15N5S. The Morgan fingerprint density at radius 2 is 1.55 bits per heavy atom. The Kier molecular flexibility index (Phi) is 4.11.